The molecule has 0 bridgehead atoms. The van der Waals surface area contributed by atoms with Crippen LogP contribution in [-0.4, -0.2) is 38.8 Å². The molecule has 14 heavy (non-hydrogen) atoms. The highest BCUT2D eigenvalue weighted by molar-refractivity contribution is 4.90. The van der Waals surface area contributed by atoms with E-state index in [2.05, 4.69) is 26.6 Å². The molecule has 5 nitrogen and oxygen atoms in total. The number of aromatic nitrogens is 3. The van der Waals surface area contributed by atoms with Crippen LogP contribution >= 0.6 is 0 Å². The van der Waals surface area contributed by atoms with Crippen molar-refractivity contribution in [3.63, 3.8) is 0 Å². The van der Waals surface area contributed by atoms with E-state index in [4.69, 9.17) is 5.73 Å². The van der Waals surface area contributed by atoms with Crippen molar-refractivity contribution in [3.8, 4) is 0 Å². The van der Waals surface area contributed by atoms with E-state index >= 15 is 0 Å². The van der Waals surface area contributed by atoms with Crippen LogP contribution in [-0.2, 0) is 13.1 Å². The minimum Gasteiger partial charge on any atom is -0.327 e. The smallest absolute Gasteiger partial charge is 0.147 e. The highest BCUT2D eigenvalue weighted by Gasteiger charge is 2.18. The first kappa shape index (κ1) is 9.61. The first-order chi connectivity index (χ1) is 6.79. The van der Waals surface area contributed by atoms with Crippen molar-refractivity contribution in [2.24, 2.45) is 5.73 Å². The predicted molar refractivity (Wildman–Crippen MR) is 53.6 cm³/mol. The maximum absolute atomic E-state index is 5.91. The van der Waals surface area contributed by atoms with Gasteiger partial charge in [-0.15, -0.1) is 10.2 Å². The fourth-order valence-corrected chi connectivity index (χ4v) is 1.73. The third-order valence-electron chi connectivity index (χ3n) is 2.73. The summed E-state index contributed by atoms with van der Waals surface area (Å²) in [6.45, 7) is 6.01. The van der Waals surface area contributed by atoms with E-state index in [1.807, 2.05) is 0 Å². The molecule has 1 aliphatic rings. The van der Waals surface area contributed by atoms with Crippen molar-refractivity contribution in [2.45, 2.75) is 32.5 Å². The average molecular weight is 195 g/mol. The van der Waals surface area contributed by atoms with E-state index in [1.54, 1.807) is 6.33 Å². The number of fused-ring (bicyclic) bond motifs is 1. The van der Waals surface area contributed by atoms with Crippen LogP contribution in [0.3, 0.4) is 0 Å². The molecule has 0 saturated heterocycles. The summed E-state index contributed by atoms with van der Waals surface area (Å²) in [5, 5.41) is 7.96. The Morgan fingerprint density at radius 1 is 1.57 bits per heavy atom. The van der Waals surface area contributed by atoms with Crippen LogP contribution in [0.4, 0.5) is 0 Å². The SMILES string of the molecule is CC[C@@H](N)CN1CCn2cnnc2C1. The second kappa shape index (κ2) is 4.06. The highest BCUT2D eigenvalue weighted by Crippen LogP contribution is 2.09. The average Bonchev–Trinajstić information content (AvgIpc) is 2.64. The van der Waals surface area contributed by atoms with Gasteiger partial charge < -0.3 is 10.3 Å². The Hall–Kier alpha value is -0.940. The first-order valence-corrected chi connectivity index (χ1v) is 5.14. The van der Waals surface area contributed by atoms with Gasteiger partial charge in [0, 0.05) is 25.7 Å². The second-order valence-electron chi connectivity index (χ2n) is 3.84. The number of hydrogen-bond donors (Lipinski definition) is 1. The van der Waals surface area contributed by atoms with Crippen molar-refractivity contribution in [3.05, 3.63) is 12.2 Å². The lowest BCUT2D eigenvalue weighted by Gasteiger charge is -2.28. The van der Waals surface area contributed by atoms with E-state index in [0.29, 0.717) is 0 Å². The lowest BCUT2D eigenvalue weighted by molar-refractivity contribution is 0.203. The summed E-state index contributed by atoms with van der Waals surface area (Å²) in [5.41, 5.74) is 5.91. The van der Waals surface area contributed by atoms with Crippen molar-refractivity contribution in [2.75, 3.05) is 13.1 Å². The molecule has 1 aromatic rings. The Balaban J connectivity index is 1.94. The third-order valence-corrected chi connectivity index (χ3v) is 2.73. The summed E-state index contributed by atoms with van der Waals surface area (Å²) in [7, 11) is 0. The molecule has 0 aliphatic carbocycles. The molecule has 0 amide bonds. The number of nitrogens with two attached hydrogens (primary N) is 1. The fraction of sp³-hybridized carbons (Fsp3) is 0.778. The molecule has 0 radical (unpaired) electrons. The van der Waals surface area contributed by atoms with Crippen molar-refractivity contribution in [1.29, 1.82) is 0 Å². The molecule has 0 aromatic carbocycles. The van der Waals surface area contributed by atoms with Crippen LogP contribution in [0.1, 0.15) is 19.2 Å². The molecular weight excluding hydrogens is 178 g/mol. The topological polar surface area (TPSA) is 60.0 Å². The van der Waals surface area contributed by atoms with Gasteiger partial charge in [-0.3, -0.25) is 4.90 Å². The molecule has 0 spiro atoms. The molecule has 0 fully saturated rings. The summed E-state index contributed by atoms with van der Waals surface area (Å²) in [4.78, 5) is 2.35. The van der Waals surface area contributed by atoms with Crippen LogP contribution in [0.25, 0.3) is 0 Å². The molecule has 78 valence electrons. The maximum Gasteiger partial charge on any atom is 0.147 e. The van der Waals surface area contributed by atoms with Crippen molar-refractivity contribution < 1.29 is 0 Å². The Morgan fingerprint density at radius 3 is 3.21 bits per heavy atom. The molecular formula is C9H17N5. The summed E-state index contributed by atoms with van der Waals surface area (Å²) >= 11 is 0. The number of hydrogen-bond acceptors (Lipinski definition) is 4. The quantitative estimate of drug-likeness (QED) is 0.727. The molecule has 2 N–H and O–H groups in total. The van der Waals surface area contributed by atoms with Gasteiger partial charge >= 0.3 is 0 Å². The van der Waals surface area contributed by atoms with E-state index in [0.717, 1.165) is 38.4 Å². The number of rotatable bonds is 3. The van der Waals surface area contributed by atoms with E-state index in [9.17, 15) is 0 Å². The molecule has 0 unspecified atom stereocenters. The van der Waals surface area contributed by atoms with Crippen LogP contribution in [0.5, 0.6) is 0 Å². The van der Waals surface area contributed by atoms with Crippen LogP contribution < -0.4 is 5.73 Å². The van der Waals surface area contributed by atoms with E-state index in [1.165, 1.54) is 0 Å². The molecule has 2 rings (SSSR count). The largest absolute Gasteiger partial charge is 0.327 e. The van der Waals surface area contributed by atoms with Gasteiger partial charge in [-0.2, -0.15) is 0 Å². The number of nitrogens with zero attached hydrogens (tertiary/aromatic N) is 4. The third kappa shape index (κ3) is 1.93. The van der Waals surface area contributed by atoms with E-state index < -0.39 is 0 Å². The zero-order valence-electron chi connectivity index (χ0n) is 8.56. The summed E-state index contributed by atoms with van der Waals surface area (Å²) < 4.78 is 2.11. The predicted octanol–water partition coefficient (Wildman–Crippen LogP) is -0.169. The molecule has 1 atom stereocenters. The standard InChI is InChI=1S/C9H17N5/c1-2-8(10)5-13-3-4-14-7-11-12-9(14)6-13/h7-8H,2-6,10H2,1H3/t8-/m1/s1. The van der Waals surface area contributed by atoms with Gasteiger partial charge in [0.1, 0.15) is 12.2 Å². The summed E-state index contributed by atoms with van der Waals surface area (Å²) in [6.07, 6.45) is 2.83. The van der Waals surface area contributed by atoms with Gasteiger partial charge in [0.05, 0.1) is 6.54 Å². The highest BCUT2D eigenvalue weighted by atomic mass is 15.3. The van der Waals surface area contributed by atoms with Crippen LogP contribution in [0.15, 0.2) is 6.33 Å². The van der Waals surface area contributed by atoms with Crippen LogP contribution in [0, 0.1) is 0 Å². The zero-order valence-corrected chi connectivity index (χ0v) is 8.56. The minimum absolute atomic E-state index is 0.282. The molecule has 0 saturated carbocycles. The van der Waals surface area contributed by atoms with Gasteiger partial charge in [-0.1, -0.05) is 6.92 Å². The Bertz CT molecular complexity index is 295. The van der Waals surface area contributed by atoms with Gasteiger partial charge in [0.2, 0.25) is 0 Å². The normalized spacial score (nSPS) is 19.3. The Labute approximate surface area is 83.9 Å². The summed E-state index contributed by atoms with van der Waals surface area (Å²) in [5.74, 6) is 1.06. The van der Waals surface area contributed by atoms with Gasteiger partial charge in [-0.05, 0) is 6.42 Å². The van der Waals surface area contributed by atoms with E-state index in [-0.39, 0.29) is 6.04 Å². The molecule has 2 heterocycles. The Morgan fingerprint density at radius 2 is 2.43 bits per heavy atom. The molecule has 1 aliphatic heterocycles. The van der Waals surface area contributed by atoms with Crippen LogP contribution in [0.2, 0.25) is 0 Å². The zero-order chi connectivity index (χ0) is 9.97. The van der Waals surface area contributed by atoms with Gasteiger partial charge in [0.25, 0.3) is 0 Å². The Kier molecular flexibility index (Phi) is 2.79. The monoisotopic (exact) mass is 195 g/mol. The minimum atomic E-state index is 0.282. The van der Waals surface area contributed by atoms with Gasteiger partial charge in [0.15, 0.2) is 0 Å². The van der Waals surface area contributed by atoms with Crippen molar-refractivity contribution in [1.82, 2.24) is 19.7 Å². The first-order valence-electron chi connectivity index (χ1n) is 5.14. The summed E-state index contributed by atoms with van der Waals surface area (Å²) in [6, 6.07) is 0.282. The lowest BCUT2D eigenvalue weighted by Crippen LogP contribution is -2.41. The molecule has 1 aromatic heterocycles. The van der Waals surface area contributed by atoms with Crippen molar-refractivity contribution >= 4 is 0 Å². The lowest BCUT2D eigenvalue weighted by atomic mass is 10.2. The fourth-order valence-electron chi connectivity index (χ4n) is 1.73. The molecule has 5 heteroatoms. The second-order valence-corrected chi connectivity index (χ2v) is 3.84. The van der Waals surface area contributed by atoms with Gasteiger partial charge in [-0.25, -0.2) is 0 Å². The maximum atomic E-state index is 5.91.